The fraction of sp³-hybridized carbons (Fsp3) is 0.286. The van der Waals surface area contributed by atoms with Gasteiger partial charge < -0.3 is 10.2 Å². The predicted molar refractivity (Wildman–Crippen MR) is 82.8 cm³/mol. The molecule has 2 aromatic rings. The van der Waals surface area contributed by atoms with Crippen molar-refractivity contribution in [1.29, 1.82) is 0 Å². The topological polar surface area (TPSA) is 85.3 Å². The molecule has 0 bridgehead atoms. The molecule has 0 radical (unpaired) electrons. The second-order valence-electron chi connectivity index (χ2n) is 4.96. The van der Waals surface area contributed by atoms with Crippen LogP contribution in [0.4, 0.5) is 5.69 Å². The Labute approximate surface area is 130 Å². The summed E-state index contributed by atoms with van der Waals surface area (Å²) in [6.07, 6.45) is 3.99. The molecule has 3 rings (SSSR count). The molecule has 0 amide bonds. The minimum absolute atomic E-state index is 0. The van der Waals surface area contributed by atoms with Crippen LogP contribution in [0.5, 0.6) is 0 Å². The molecule has 0 saturated heterocycles. The van der Waals surface area contributed by atoms with Crippen LogP contribution in [-0.4, -0.2) is 8.42 Å². The van der Waals surface area contributed by atoms with Crippen molar-refractivity contribution < 1.29 is 12.8 Å². The van der Waals surface area contributed by atoms with Gasteiger partial charge in [-0.05, 0) is 54.7 Å². The third-order valence-corrected chi connectivity index (χ3v) is 4.90. The quantitative estimate of drug-likeness (QED) is 0.848. The molecule has 0 aliphatic heterocycles. The van der Waals surface area contributed by atoms with Crippen LogP contribution in [-0.2, 0) is 16.4 Å². The number of nitrogens with one attached hydrogen (secondary N) is 1. The van der Waals surface area contributed by atoms with E-state index in [9.17, 15) is 8.42 Å². The molecule has 1 aliphatic rings. The molecule has 5 nitrogen and oxygen atoms in total. The van der Waals surface area contributed by atoms with Gasteiger partial charge in [-0.2, -0.15) is 0 Å². The molecular weight excluding hydrogens is 312 g/mol. The Balaban J connectivity index is 0.00000161. The van der Waals surface area contributed by atoms with Crippen LogP contribution in [0, 0.1) is 0 Å². The second kappa shape index (κ2) is 6.09. The first-order chi connectivity index (χ1) is 9.56. The van der Waals surface area contributed by atoms with Crippen molar-refractivity contribution in [2.75, 3.05) is 5.73 Å². The smallest absolute Gasteiger partial charge is 0.274 e. The van der Waals surface area contributed by atoms with Crippen molar-refractivity contribution in [2.24, 2.45) is 0 Å². The van der Waals surface area contributed by atoms with E-state index < -0.39 is 10.0 Å². The van der Waals surface area contributed by atoms with E-state index in [4.69, 9.17) is 10.2 Å². The minimum atomic E-state index is -3.62. The Morgan fingerprint density at radius 3 is 2.81 bits per heavy atom. The number of hydrogen-bond acceptors (Lipinski definition) is 4. The number of nitrogens with two attached hydrogens (primary N) is 1. The van der Waals surface area contributed by atoms with Crippen molar-refractivity contribution in [3.05, 3.63) is 47.7 Å². The van der Waals surface area contributed by atoms with Crippen molar-refractivity contribution >= 4 is 28.1 Å². The fourth-order valence-electron chi connectivity index (χ4n) is 2.62. The number of aryl methyl sites for hydroxylation is 1. The summed E-state index contributed by atoms with van der Waals surface area (Å²) >= 11 is 0. The molecular formula is C14H17ClN2O3S. The SMILES string of the molecule is Cl.Nc1ccc2c(c1)CCCC2NS(=O)(=O)c1ccco1. The summed E-state index contributed by atoms with van der Waals surface area (Å²) in [5.41, 5.74) is 8.60. The van der Waals surface area contributed by atoms with Crippen molar-refractivity contribution in [2.45, 2.75) is 30.4 Å². The lowest BCUT2D eigenvalue weighted by Crippen LogP contribution is -2.30. The van der Waals surface area contributed by atoms with E-state index in [-0.39, 0.29) is 23.5 Å². The summed E-state index contributed by atoms with van der Waals surface area (Å²) in [6, 6.07) is 8.40. The van der Waals surface area contributed by atoms with Crippen LogP contribution in [0.15, 0.2) is 46.1 Å². The van der Waals surface area contributed by atoms with Crippen LogP contribution >= 0.6 is 12.4 Å². The Kier molecular flexibility index (Phi) is 4.61. The van der Waals surface area contributed by atoms with E-state index in [2.05, 4.69) is 4.72 Å². The number of furan rings is 1. The van der Waals surface area contributed by atoms with Gasteiger partial charge >= 0.3 is 0 Å². The van der Waals surface area contributed by atoms with E-state index in [0.717, 1.165) is 30.4 Å². The molecule has 0 spiro atoms. The van der Waals surface area contributed by atoms with Gasteiger partial charge in [0.25, 0.3) is 10.0 Å². The molecule has 1 aliphatic carbocycles. The molecule has 3 N–H and O–H groups in total. The second-order valence-corrected chi connectivity index (χ2v) is 6.60. The maximum atomic E-state index is 12.2. The molecule has 114 valence electrons. The zero-order valence-corrected chi connectivity index (χ0v) is 12.9. The largest absolute Gasteiger partial charge is 0.452 e. The third-order valence-electron chi connectivity index (χ3n) is 3.54. The van der Waals surface area contributed by atoms with Gasteiger partial charge in [-0.15, -0.1) is 12.4 Å². The lowest BCUT2D eigenvalue weighted by Gasteiger charge is -2.26. The van der Waals surface area contributed by atoms with E-state index in [0.29, 0.717) is 5.69 Å². The maximum Gasteiger partial charge on any atom is 0.274 e. The highest BCUT2D eigenvalue weighted by Crippen LogP contribution is 2.32. The highest BCUT2D eigenvalue weighted by atomic mass is 35.5. The summed E-state index contributed by atoms with van der Waals surface area (Å²) < 4.78 is 32.1. The predicted octanol–water partition coefficient (Wildman–Crippen LogP) is 2.64. The lowest BCUT2D eigenvalue weighted by molar-refractivity contribution is 0.435. The zero-order chi connectivity index (χ0) is 14.2. The Hall–Kier alpha value is -1.50. The average Bonchev–Trinajstić information content (AvgIpc) is 2.93. The third kappa shape index (κ3) is 3.23. The number of anilines is 1. The Morgan fingerprint density at radius 2 is 2.10 bits per heavy atom. The zero-order valence-electron chi connectivity index (χ0n) is 11.3. The standard InChI is InChI=1S/C14H16N2O3S.ClH/c15-11-6-7-12-10(9-11)3-1-4-13(12)16-20(17,18)14-5-2-8-19-14;/h2,5-9,13,16H,1,3-4,15H2;1H. The van der Waals surface area contributed by atoms with Crippen molar-refractivity contribution in [3.63, 3.8) is 0 Å². The summed E-state index contributed by atoms with van der Waals surface area (Å²) in [5, 5.41) is -0.0555. The molecule has 1 aromatic heterocycles. The number of rotatable bonds is 3. The van der Waals surface area contributed by atoms with Crippen LogP contribution < -0.4 is 10.5 Å². The molecule has 1 heterocycles. The first kappa shape index (κ1) is 15.9. The molecule has 1 aromatic carbocycles. The number of halogens is 1. The van der Waals surface area contributed by atoms with Crippen LogP contribution in [0.25, 0.3) is 0 Å². The van der Waals surface area contributed by atoms with Crippen molar-refractivity contribution in [3.8, 4) is 0 Å². The number of sulfonamides is 1. The van der Waals surface area contributed by atoms with Crippen LogP contribution in [0.2, 0.25) is 0 Å². The van der Waals surface area contributed by atoms with Gasteiger partial charge in [0.05, 0.1) is 6.26 Å². The van der Waals surface area contributed by atoms with Gasteiger partial charge in [-0.3, -0.25) is 0 Å². The molecule has 1 unspecified atom stereocenters. The van der Waals surface area contributed by atoms with Gasteiger partial charge in [0.15, 0.2) is 0 Å². The summed E-state index contributed by atoms with van der Waals surface area (Å²) in [5.74, 6) is 0. The highest BCUT2D eigenvalue weighted by molar-refractivity contribution is 7.89. The minimum Gasteiger partial charge on any atom is -0.452 e. The van der Waals surface area contributed by atoms with Gasteiger partial charge in [-0.1, -0.05) is 6.07 Å². The first-order valence-electron chi connectivity index (χ1n) is 6.50. The Morgan fingerprint density at radius 1 is 1.29 bits per heavy atom. The number of nitrogen functional groups attached to an aromatic ring is 1. The van der Waals surface area contributed by atoms with Gasteiger partial charge in [0.1, 0.15) is 0 Å². The average molecular weight is 329 g/mol. The number of hydrogen-bond donors (Lipinski definition) is 2. The molecule has 21 heavy (non-hydrogen) atoms. The molecule has 1 atom stereocenters. The van der Waals surface area contributed by atoms with Gasteiger partial charge in [-0.25, -0.2) is 13.1 Å². The molecule has 0 fully saturated rings. The van der Waals surface area contributed by atoms with Gasteiger partial charge in [0.2, 0.25) is 5.09 Å². The molecule has 0 saturated carbocycles. The van der Waals surface area contributed by atoms with E-state index in [1.165, 1.54) is 12.3 Å². The summed E-state index contributed by atoms with van der Waals surface area (Å²) in [4.78, 5) is 0. The highest BCUT2D eigenvalue weighted by Gasteiger charge is 2.27. The normalized spacial score (nSPS) is 17.8. The van der Waals surface area contributed by atoms with Crippen molar-refractivity contribution in [1.82, 2.24) is 4.72 Å². The summed E-state index contributed by atoms with van der Waals surface area (Å²) in [7, 11) is -3.62. The molecule has 7 heteroatoms. The first-order valence-corrected chi connectivity index (χ1v) is 7.99. The fourth-order valence-corrected chi connectivity index (χ4v) is 3.79. The lowest BCUT2D eigenvalue weighted by atomic mass is 9.88. The summed E-state index contributed by atoms with van der Waals surface area (Å²) in [6.45, 7) is 0. The Bertz CT molecular complexity index is 714. The maximum absolute atomic E-state index is 12.2. The van der Waals surface area contributed by atoms with Crippen LogP contribution in [0.1, 0.15) is 30.0 Å². The van der Waals surface area contributed by atoms with E-state index in [1.54, 1.807) is 12.1 Å². The van der Waals surface area contributed by atoms with E-state index >= 15 is 0 Å². The monoisotopic (exact) mass is 328 g/mol. The number of benzene rings is 1. The van der Waals surface area contributed by atoms with Gasteiger partial charge in [0, 0.05) is 11.7 Å². The van der Waals surface area contributed by atoms with E-state index in [1.807, 2.05) is 12.1 Å². The number of fused-ring (bicyclic) bond motifs is 1. The van der Waals surface area contributed by atoms with Crippen LogP contribution in [0.3, 0.4) is 0 Å².